The predicted octanol–water partition coefficient (Wildman–Crippen LogP) is 4.65. The van der Waals surface area contributed by atoms with Gasteiger partial charge in [-0.3, -0.25) is 4.98 Å². The molecule has 2 rings (SSSR count). The number of pyridine rings is 1. The van der Waals surface area contributed by atoms with Crippen LogP contribution < -0.4 is 9.47 Å². The molecule has 144 valence electrons. The number of hydrogen-bond acceptors (Lipinski definition) is 5. The van der Waals surface area contributed by atoms with Crippen LogP contribution in [0.4, 0.5) is 0 Å². The number of rotatable bonds is 10. The Hall–Kier alpha value is -2.82. The lowest BCUT2D eigenvalue weighted by atomic mass is 10.1. The summed E-state index contributed by atoms with van der Waals surface area (Å²) in [6.07, 6.45) is 9.26. The summed E-state index contributed by atoms with van der Waals surface area (Å²) in [7, 11) is 1.51. The third kappa shape index (κ3) is 6.77. The Morgan fingerprint density at radius 3 is 2.52 bits per heavy atom. The summed E-state index contributed by atoms with van der Waals surface area (Å²) in [5.41, 5.74) is 4.14. The largest absolute Gasteiger partial charge is 0.493 e. The molecule has 0 radical (unpaired) electrons. The Balaban J connectivity index is 1.83. The number of benzene rings is 1. The van der Waals surface area contributed by atoms with Gasteiger partial charge in [0.05, 0.1) is 18.5 Å². The van der Waals surface area contributed by atoms with Gasteiger partial charge in [-0.05, 0) is 68.5 Å². The molecule has 0 N–H and O–H groups in total. The fourth-order valence-electron chi connectivity index (χ4n) is 2.68. The Morgan fingerprint density at radius 1 is 1.11 bits per heavy atom. The van der Waals surface area contributed by atoms with E-state index in [9.17, 15) is 0 Å². The van der Waals surface area contributed by atoms with E-state index < -0.39 is 0 Å². The third-order valence-corrected chi connectivity index (χ3v) is 4.01. The minimum Gasteiger partial charge on any atom is -0.493 e. The molecular weight excluding hydrogens is 340 g/mol. The Bertz CT molecular complexity index is 745. The summed E-state index contributed by atoms with van der Waals surface area (Å²) in [6.45, 7) is 7.33. The van der Waals surface area contributed by atoms with E-state index in [1.807, 2.05) is 43.5 Å². The van der Waals surface area contributed by atoms with Crippen molar-refractivity contribution in [1.82, 2.24) is 4.98 Å². The van der Waals surface area contributed by atoms with Gasteiger partial charge in [0, 0.05) is 6.20 Å². The number of oxime groups is 1. The molecule has 0 saturated carbocycles. The minimum absolute atomic E-state index is 0.583. The van der Waals surface area contributed by atoms with Crippen molar-refractivity contribution in [2.75, 3.05) is 20.3 Å². The molecule has 5 heteroatoms. The summed E-state index contributed by atoms with van der Waals surface area (Å²) in [4.78, 5) is 8.98. The van der Waals surface area contributed by atoms with Gasteiger partial charge in [0.25, 0.3) is 0 Å². The molecule has 1 heterocycles. The van der Waals surface area contributed by atoms with E-state index in [0.29, 0.717) is 13.2 Å². The second-order valence-corrected chi connectivity index (χ2v) is 6.23. The Morgan fingerprint density at radius 2 is 1.89 bits per heavy atom. The highest BCUT2D eigenvalue weighted by atomic mass is 16.6. The van der Waals surface area contributed by atoms with E-state index in [4.69, 9.17) is 9.47 Å². The predicted molar refractivity (Wildman–Crippen MR) is 109 cm³/mol. The maximum absolute atomic E-state index is 6.02. The molecule has 1 aromatic carbocycles. The average molecular weight is 368 g/mol. The molecule has 0 bridgehead atoms. The average Bonchev–Trinajstić information content (AvgIpc) is 2.66. The van der Waals surface area contributed by atoms with E-state index in [-0.39, 0.29) is 0 Å². The highest BCUT2D eigenvalue weighted by Gasteiger charge is 2.07. The van der Waals surface area contributed by atoms with Gasteiger partial charge in [0.2, 0.25) is 0 Å². The van der Waals surface area contributed by atoms with Crippen LogP contribution in [-0.2, 0) is 11.3 Å². The Kier molecular flexibility index (Phi) is 8.36. The first-order valence-electron chi connectivity index (χ1n) is 9.13. The molecular formula is C22H28N2O3. The summed E-state index contributed by atoms with van der Waals surface area (Å²) in [5, 5.41) is 3.70. The van der Waals surface area contributed by atoms with E-state index in [0.717, 1.165) is 41.2 Å². The van der Waals surface area contributed by atoms with Crippen molar-refractivity contribution in [3.8, 4) is 11.5 Å². The number of nitrogens with zero attached hydrogens (tertiary/aromatic N) is 2. The molecule has 0 aliphatic rings. The molecule has 0 spiro atoms. The van der Waals surface area contributed by atoms with Crippen molar-refractivity contribution >= 4 is 6.21 Å². The van der Waals surface area contributed by atoms with Crippen LogP contribution >= 0.6 is 0 Å². The molecule has 0 saturated heterocycles. The molecule has 0 amide bonds. The van der Waals surface area contributed by atoms with Gasteiger partial charge >= 0.3 is 0 Å². The molecule has 0 aliphatic heterocycles. The van der Waals surface area contributed by atoms with E-state index in [1.54, 1.807) is 6.21 Å². The number of allylic oxidation sites excluding steroid dienone is 1. The second kappa shape index (κ2) is 11.0. The summed E-state index contributed by atoms with van der Waals surface area (Å²) in [5.74, 6) is 1.82. The molecule has 0 aliphatic carbocycles. The molecule has 0 fully saturated rings. The monoisotopic (exact) mass is 368 g/mol. The number of hydrogen-bond donors (Lipinski definition) is 0. The van der Waals surface area contributed by atoms with Crippen molar-refractivity contribution < 1.29 is 14.3 Å². The maximum Gasteiger partial charge on any atom is 0.125 e. The van der Waals surface area contributed by atoms with Crippen LogP contribution in [0.25, 0.3) is 0 Å². The number of aryl methyl sites for hydroxylation is 3. The van der Waals surface area contributed by atoms with Gasteiger partial charge in [0.15, 0.2) is 0 Å². The lowest BCUT2D eigenvalue weighted by molar-refractivity contribution is 0.215. The van der Waals surface area contributed by atoms with Crippen molar-refractivity contribution in [1.29, 1.82) is 0 Å². The first-order chi connectivity index (χ1) is 13.1. The zero-order valence-corrected chi connectivity index (χ0v) is 16.6. The van der Waals surface area contributed by atoms with Crippen LogP contribution in [-0.4, -0.2) is 31.5 Å². The zero-order chi connectivity index (χ0) is 19.5. The van der Waals surface area contributed by atoms with Crippen LogP contribution in [0.2, 0.25) is 0 Å². The number of ether oxygens (including phenoxy) is 2. The SMILES string of the molecule is C/C=C/COc1cc(C)c(OCCCc2ccc(/C=N/OC)nc2)c(C)c1. The van der Waals surface area contributed by atoms with Crippen molar-refractivity contribution in [2.24, 2.45) is 5.16 Å². The normalized spacial score (nSPS) is 11.3. The molecule has 5 nitrogen and oxygen atoms in total. The third-order valence-electron chi connectivity index (χ3n) is 4.01. The fraction of sp³-hybridized carbons (Fsp3) is 0.364. The van der Waals surface area contributed by atoms with Crippen LogP contribution in [0.15, 0.2) is 47.8 Å². The van der Waals surface area contributed by atoms with Crippen LogP contribution in [0.3, 0.4) is 0 Å². The molecule has 2 aromatic rings. The van der Waals surface area contributed by atoms with E-state index in [1.165, 1.54) is 12.7 Å². The molecule has 1 aromatic heterocycles. The van der Waals surface area contributed by atoms with Crippen molar-refractivity contribution in [3.63, 3.8) is 0 Å². The molecule has 0 atom stereocenters. The van der Waals surface area contributed by atoms with E-state index in [2.05, 4.69) is 34.9 Å². The quantitative estimate of drug-likeness (QED) is 0.265. The molecule has 0 unspecified atom stereocenters. The second-order valence-electron chi connectivity index (χ2n) is 6.23. The summed E-state index contributed by atoms with van der Waals surface area (Å²) in [6, 6.07) is 8.03. The van der Waals surface area contributed by atoms with Crippen molar-refractivity contribution in [2.45, 2.75) is 33.6 Å². The van der Waals surface area contributed by atoms with Gasteiger partial charge in [-0.15, -0.1) is 0 Å². The fourth-order valence-corrected chi connectivity index (χ4v) is 2.68. The topological polar surface area (TPSA) is 52.9 Å². The lowest BCUT2D eigenvalue weighted by Crippen LogP contribution is -2.03. The zero-order valence-electron chi connectivity index (χ0n) is 16.6. The number of aromatic nitrogens is 1. The maximum atomic E-state index is 6.02. The summed E-state index contributed by atoms with van der Waals surface area (Å²) >= 11 is 0. The van der Waals surface area contributed by atoms with Crippen LogP contribution in [0.1, 0.15) is 35.7 Å². The highest BCUT2D eigenvalue weighted by molar-refractivity contribution is 5.76. The van der Waals surface area contributed by atoms with Gasteiger partial charge in [-0.2, -0.15) is 0 Å². The van der Waals surface area contributed by atoms with Gasteiger partial charge in [-0.25, -0.2) is 0 Å². The minimum atomic E-state index is 0.583. The van der Waals surface area contributed by atoms with Crippen LogP contribution in [0.5, 0.6) is 11.5 Å². The summed E-state index contributed by atoms with van der Waals surface area (Å²) < 4.78 is 11.7. The highest BCUT2D eigenvalue weighted by Crippen LogP contribution is 2.28. The van der Waals surface area contributed by atoms with Gasteiger partial charge < -0.3 is 14.3 Å². The first kappa shape index (κ1) is 20.5. The van der Waals surface area contributed by atoms with Gasteiger partial charge in [0.1, 0.15) is 25.2 Å². The smallest absolute Gasteiger partial charge is 0.125 e. The molecule has 27 heavy (non-hydrogen) atoms. The van der Waals surface area contributed by atoms with E-state index >= 15 is 0 Å². The first-order valence-corrected chi connectivity index (χ1v) is 9.13. The lowest BCUT2D eigenvalue weighted by Gasteiger charge is -2.14. The van der Waals surface area contributed by atoms with Crippen LogP contribution in [0, 0.1) is 13.8 Å². The Labute approximate surface area is 161 Å². The van der Waals surface area contributed by atoms with Gasteiger partial charge in [-0.1, -0.05) is 23.4 Å². The van der Waals surface area contributed by atoms with Crippen molar-refractivity contribution in [3.05, 3.63) is 65.0 Å². The standard InChI is InChI=1S/C22H28N2O3/c1-5-6-11-26-21-13-17(2)22(18(3)14-21)27-12-7-8-19-9-10-20(23-15-19)16-24-25-4/h5-6,9-10,13-16H,7-8,11-12H2,1-4H3/b6-5+,24-16+.